The van der Waals surface area contributed by atoms with Crippen molar-refractivity contribution in [2.24, 2.45) is 11.3 Å². The summed E-state index contributed by atoms with van der Waals surface area (Å²) >= 11 is 0. The lowest BCUT2D eigenvalue weighted by molar-refractivity contribution is -0.153. The van der Waals surface area contributed by atoms with Crippen molar-refractivity contribution in [1.82, 2.24) is 0 Å². The smallest absolute Gasteiger partial charge is 0.316 e. The van der Waals surface area contributed by atoms with Crippen LogP contribution < -0.4 is 0 Å². The van der Waals surface area contributed by atoms with Gasteiger partial charge in [-0.2, -0.15) is 0 Å². The standard InChI is InChI=1S/C28H46O5/c1-5-6-7-8-9-10-11-12-13-14-15-16-17-18-19-20-25(30)33-24-21-23(29)22-28(2,3)26(24)27(31)32-4/h12-13,21,26H,5-11,14-20,22H2,1-4H3/b13-12-. The minimum atomic E-state index is -0.738. The first-order chi connectivity index (χ1) is 15.8. The Labute approximate surface area is 201 Å². The van der Waals surface area contributed by atoms with E-state index in [9.17, 15) is 14.4 Å². The van der Waals surface area contributed by atoms with Crippen LogP contribution in [-0.2, 0) is 23.9 Å². The number of carbonyl (C=O) groups is 3. The van der Waals surface area contributed by atoms with Gasteiger partial charge in [0.25, 0.3) is 0 Å². The van der Waals surface area contributed by atoms with E-state index >= 15 is 0 Å². The highest BCUT2D eigenvalue weighted by Crippen LogP contribution is 2.41. The van der Waals surface area contributed by atoms with Gasteiger partial charge in [-0.1, -0.05) is 84.3 Å². The maximum absolute atomic E-state index is 12.3. The van der Waals surface area contributed by atoms with E-state index in [0.717, 1.165) is 32.1 Å². The molecule has 0 saturated heterocycles. The second-order valence-electron chi connectivity index (χ2n) is 9.94. The van der Waals surface area contributed by atoms with Crippen molar-refractivity contribution in [3.63, 3.8) is 0 Å². The predicted octanol–water partition coefficient (Wildman–Crippen LogP) is 7.24. The van der Waals surface area contributed by atoms with Crippen LogP contribution in [-0.4, -0.2) is 24.8 Å². The molecule has 5 nitrogen and oxygen atoms in total. The van der Waals surface area contributed by atoms with Crippen molar-refractivity contribution in [2.75, 3.05) is 7.11 Å². The van der Waals surface area contributed by atoms with Crippen molar-refractivity contribution in [1.29, 1.82) is 0 Å². The van der Waals surface area contributed by atoms with Gasteiger partial charge in [0.1, 0.15) is 11.7 Å². The average molecular weight is 463 g/mol. The van der Waals surface area contributed by atoms with Crippen LogP contribution in [0.15, 0.2) is 24.0 Å². The summed E-state index contributed by atoms with van der Waals surface area (Å²) in [6.45, 7) is 5.88. The second-order valence-corrected chi connectivity index (χ2v) is 9.94. The number of rotatable bonds is 17. The Morgan fingerprint density at radius 1 is 0.939 bits per heavy atom. The molecule has 0 bridgehead atoms. The maximum Gasteiger partial charge on any atom is 0.316 e. The molecule has 1 rings (SSSR count). The monoisotopic (exact) mass is 462 g/mol. The molecule has 1 aliphatic rings. The van der Waals surface area contributed by atoms with E-state index in [1.165, 1.54) is 64.6 Å². The molecule has 1 atom stereocenters. The van der Waals surface area contributed by atoms with Gasteiger partial charge < -0.3 is 9.47 Å². The van der Waals surface area contributed by atoms with Gasteiger partial charge in [-0.3, -0.25) is 14.4 Å². The van der Waals surface area contributed by atoms with E-state index in [1.54, 1.807) is 0 Å². The summed E-state index contributed by atoms with van der Waals surface area (Å²) in [7, 11) is 1.31. The molecular weight excluding hydrogens is 416 g/mol. The molecule has 188 valence electrons. The number of ether oxygens (including phenoxy) is 2. The third-order valence-electron chi connectivity index (χ3n) is 6.31. The van der Waals surface area contributed by atoms with E-state index in [4.69, 9.17) is 9.47 Å². The van der Waals surface area contributed by atoms with Gasteiger partial charge >= 0.3 is 11.9 Å². The Hall–Kier alpha value is -1.91. The average Bonchev–Trinajstić information content (AvgIpc) is 2.75. The minimum absolute atomic E-state index is 0.126. The first-order valence-electron chi connectivity index (χ1n) is 13.0. The molecule has 0 amide bonds. The molecule has 0 radical (unpaired) electrons. The van der Waals surface area contributed by atoms with Gasteiger partial charge in [0.15, 0.2) is 5.78 Å². The number of unbranched alkanes of at least 4 members (excludes halogenated alkanes) is 11. The van der Waals surface area contributed by atoms with Crippen molar-refractivity contribution in [2.45, 2.75) is 117 Å². The van der Waals surface area contributed by atoms with Crippen LogP contribution in [0.25, 0.3) is 0 Å². The molecular formula is C28H46O5. The molecule has 0 aliphatic heterocycles. The normalized spacial score (nSPS) is 17.8. The fourth-order valence-corrected chi connectivity index (χ4v) is 4.39. The number of hydrogen-bond acceptors (Lipinski definition) is 5. The third-order valence-corrected chi connectivity index (χ3v) is 6.31. The highest BCUT2D eigenvalue weighted by molar-refractivity contribution is 5.95. The molecule has 0 fully saturated rings. The number of ketones is 1. The van der Waals surface area contributed by atoms with Gasteiger partial charge in [0.05, 0.1) is 7.11 Å². The lowest BCUT2D eigenvalue weighted by Crippen LogP contribution is -2.39. The molecule has 1 aliphatic carbocycles. The molecule has 1 unspecified atom stereocenters. The van der Waals surface area contributed by atoms with Crippen molar-refractivity contribution >= 4 is 17.7 Å². The summed E-state index contributed by atoms with van der Waals surface area (Å²) in [4.78, 5) is 36.5. The Balaban J connectivity index is 2.16. The van der Waals surface area contributed by atoms with Crippen molar-refractivity contribution in [3.05, 3.63) is 24.0 Å². The SMILES string of the molecule is CCCCCCCC/C=C\CCCCCCCC(=O)OC1=CC(=O)CC(C)(C)C1C(=O)OC. The first kappa shape index (κ1) is 29.1. The van der Waals surface area contributed by atoms with E-state index in [0.29, 0.717) is 0 Å². The molecule has 0 aromatic carbocycles. The lowest BCUT2D eigenvalue weighted by atomic mass is 9.70. The second kappa shape index (κ2) is 16.7. The van der Waals surface area contributed by atoms with Crippen LogP contribution in [0.3, 0.4) is 0 Å². The Morgan fingerprint density at radius 3 is 2.06 bits per heavy atom. The molecule has 0 heterocycles. The molecule has 0 saturated carbocycles. The van der Waals surface area contributed by atoms with Crippen LogP contribution in [0, 0.1) is 11.3 Å². The molecule has 0 N–H and O–H groups in total. The molecule has 5 heteroatoms. The minimum Gasteiger partial charge on any atom is -0.468 e. The zero-order valence-corrected chi connectivity index (χ0v) is 21.5. The van der Waals surface area contributed by atoms with Crippen LogP contribution in [0.2, 0.25) is 0 Å². The van der Waals surface area contributed by atoms with E-state index < -0.39 is 23.3 Å². The van der Waals surface area contributed by atoms with E-state index in [-0.39, 0.29) is 24.4 Å². The summed E-state index contributed by atoms with van der Waals surface area (Å²) in [5.41, 5.74) is -0.641. The maximum atomic E-state index is 12.3. The number of hydrogen-bond donors (Lipinski definition) is 0. The predicted molar refractivity (Wildman–Crippen MR) is 133 cm³/mol. The highest BCUT2D eigenvalue weighted by Gasteiger charge is 2.45. The van der Waals surface area contributed by atoms with Crippen LogP contribution in [0.1, 0.15) is 117 Å². The Bertz CT molecular complexity index is 659. The van der Waals surface area contributed by atoms with Gasteiger partial charge in [-0.25, -0.2) is 0 Å². The fraction of sp³-hybridized carbons (Fsp3) is 0.750. The zero-order chi connectivity index (χ0) is 24.5. The first-order valence-corrected chi connectivity index (χ1v) is 13.0. The molecule has 0 aromatic rings. The van der Waals surface area contributed by atoms with Crippen molar-refractivity contribution < 1.29 is 23.9 Å². The van der Waals surface area contributed by atoms with E-state index in [2.05, 4.69) is 19.1 Å². The summed E-state index contributed by atoms with van der Waals surface area (Å²) in [6, 6.07) is 0. The van der Waals surface area contributed by atoms with Gasteiger partial charge in [0.2, 0.25) is 0 Å². The lowest BCUT2D eigenvalue weighted by Gasteiger charge is -2.35. The largest absolute Gasteiger partial charge is 0.468 e. The van der Waals surface area contributed by atoms with Gasteiger partial charge in [-0.05, 0) is 37.5 Å². The highest BCUT2D eigenvalue weighted by atomic mass is 16.5. The zero-order valence-electron chi connectivity index (χ0n) is 21.5. The summed E-state index contributed by atoms with van der Waals surface area (Å²) < 4.78 is 10.3. The number of esters is 2. The van der Waals surface area contributed by atoms with Gasteiger partial charge in [0, 0.05) is 18.9 Å². The number of methoxy groups -OCH3 is 1. The Morgan fingerprint density at radius 2 is 1.48 bits per heavy atom. The molecule has 33 heavy (non-hydrogen) atoms. The van der Waals surface area contributed by atoms with Crippen LogP contribution in [0.5, 0.6) is 0 Å². The summed E-state index contributed by atoms with van der Waals surface area (Å²) in [6.07, 6.45) is 22.0. The topological polar surface area (TPSA) is 69.7 Å². The quantitative estimate of drug-likeness (QED) is 0.129. The third kappa shape index (κ3) is 12.2. The summed E-state index contributed by atoms with van der Waals surface area (Å²) in [5.74, 6) is -1.62. The molecule has 0 aromatic heterocycles. The van der Waals surface area contributed by atoms with Crippen LogP contribution in [0.4, 0.5) is 0 Å². The Kier molecular flexibility index (Phi) is 14.7. The van der Waals surface area contributed by atoms with E-state index in [1.807, 2.05) is 13.8 Å². The number of allylic oxidation sites excluding steroid dienone is 3. The van der Waals surface area contributed by atoms with Crippen molar-refractivity contribution in [3.8, 4) is 0 Å². The fourth-order valence-electron chi connectivity index (χ4n) is 4.39. The number of carbonyl (C=O) groups excluding carboxylic acids is 3. The van der Waals surface area contributed by atoms with Crippen LogP contribution >= 0.6 is 0 Å². The summed E-state index contributed by atoms with van der Waals surface area (Å²) in [5, 5.41) is 0. The van der Waals surface area contributed by atoms with Gasteiger partial charge in [-0.15, -0.1) is 0 Å². The molecule has 0 spiro atoms.